The number of hydrogen-bond acceptors (Lipinski definition) is 2. The molecular weight excluding hydrogens is 336 g/mol. The molecule has 0 spiro atoms. The van der Waals surface area contributed by atoms with Crippen LogP contribution in [0, 0.1) is 6.92 Å². The number of nitrogens with one attached hydrogen (secondary N) is 2. The number of benzene rings is 2. The number of anilines is 2. The Labute approximate surface area is 131 Å². The smallest absolute Gasteiger partial charge is 0.308 e. The fourth-order valence-corrected chi connectivity index (χ4v) is 2.76. The van der Waals surface area contributed by atoms with E-state index in [0.29, 0.717) is 0 Å². The highest BCUT2D eigenvalue weighted by atomic mass is 79.9. The van der Waals surface area contributed by atoms with Crippen LogP contribution in [-0.4, -0.2) is 12.3 Å². The molecule has 0 fully saturated rings. The number of amides is 2. The molecule has 2 aromatic carbocycles. The summed E-state index contributed by atoms with van der Waals surface area (Å²) in [5.74, 6) is 0. The number of carbonyl (C=O) groups is 1. The monoisotopic (exact) mass is 350 g/mol. The van der Waals surface area contributed by atoms with Gasteiger partial charge in [-0.25, -0.2) is 4.79 Å². The average molecular weight is 351 g/mol. The highest BCUT2D eigenvalue weighted by Gasteiger charge is 2.06. The number of hydrogen-bond donors (Lipinski definition) is 2. The standard InChI is InChI=1S/C15H15BrN2OS/c1-10-6-7-14(13(16)8-10)18-15(19)17-11-4-3-5-12(9-11)20-2/h3-9H,1-2H3,(H2,17,18,19). The largest absolute Gasteiger partial charge is 0.323 e. The lowest BCUT2D eigenvalue weighted by Crippen LogP contribution is -2.19. The van der Waals surface area contributed by atoms with Gasteiger partial charge < -0.3 is 10.6 Å². The summed E-state index contributed by atoms with van der Waals surface area (Å²) in [5, 5.41) is 5.64. The summed E-state index contributed by atoms with van der Waals surface area (Å²) in [7, 11) is 0. The molecule has 0 heterocycles. The van der Waals surface area contributed by atoms with Crippen molar-refractivity contribution in [1.29, 1.82) is 0 Å². The second-order valence-corrected chi connectivity index (χ2v) is 6.03. The summed E-state index contributed by atoms with van der Waals surface area (Å²) in [4.78, 5) is 13.1. The third-order valence-corrected chi connectivity index (χ3v) is 4.08. The third-order valence-electron chi connectivity index (χ3n) is 2.70. The number of thioether (sulfide) groups is 1. The summed E-state index contributed by atoms with van der Waals surface area (Å²) in [6.45, 7) is 2.00. The minimum absolute atomic E-state index is 0.257. The van der Waals surface area contributed by atoms with Crippen molar-refractivity contribution in [3.8, 4) is 0 Å². The van der Waals surface area contributed by atoms with Gasteiger partial charge in [0.25, 0.3) is 0 Å². The molecule has 0 saturated carbocycles. The van der Waals surface area contributed by atoms with E-state index in [1.54, 1.807) is 11.8 Å². The molecule has 0 aliphatic rings. The van der Waals surface area contributed by atoms with Crippen molar-refractivity contribution >= 4 is 45.1 Å². The molecule has 104 valence electrons. The molecule has 0 atom stereocenters. The molecule has 0 aliphatic heterocycles. The van der Waals surface area contributed by atoms with Gasteiger partial charge in [-0.2, -0.15) is 0 Å². The zero-order chi connectivity index (χ0) is 14.5. The Balaban J connectivity index is 2.05. The van der Waals surface area contributed by atoms with Gasteiger partial charge in [-0.1, -0.05) is 12.1 Å². The molecule has 0 bridgehead atoms. The lowest BCUT2D eigenvalue weighted by molar-refractivity contribution is 0.262. The maximum atomic E-state index is 12.0. The van der Waals surface area contributed by atoms with Crippen LogP contribution < -0.4 is 10.6 Å². The van der Waals surface area contributed by atoms with E-state index in [1.165, 1.54) is 0 Å². The van der Waals surface area contributed by atoms with E-state index in [-0.39, 0.29) is 6.03 Å². The maximum absolute atomic E-state index is 12.0. The van der Waals surface area contributed by atoms with Crippen molar-refractivity contribution in [3.05, 3.63) is 52.5 Å². The van der Waals surface area contributed by atoms with Crippen molar-refractivity contribution in [1.82, 2.24) is 0 Å². The SMILES string of the molecule is CSc1cccc(NC(=O)Nc2ccc(C)cc2Br)c1. The Morgan fingerprint density at radius 2 is 1.95 bits per heavy atom. The van der Waals surface area contributed by atoms with Gasteiger partial charge in [0.2, 0.25) is 0 Å². The minimum atomic E-state index is -0.257. The van der Waals surface area contributed by atoms with Gasteiger partial charge in [-0.05, 0) is 65.0 Å². The summed E-state index contributed by atoms with van der Waals surface area (Å²) in [6.07, 6.45) is 2.00. The number of rotatable bonds is 3. The van der Waals surface area contributed by atoms with Gasteiger partial charge in [0.1, 0.15) is 0 Å². The van der Waals surface area contributed by atoms with Crippen molar-refractivity contribution in [3.63, 3.8) is 0 Å². The summed E-state index contributed by atoms with van der Waals surface area (Å²) in [6, 6.07) is 13.3. The number of urea groups is 1. The molecule has 5 heteroatoms. The van der Waals surface area contributed by atoms with E-state index in [9.17, 15) is 4.79 Å². The van der Waals surface area contributed by atoms with Gasteiger partial charge in [0.05, 0.1) is 5.69 Å². The Bertz CT molecular complexity index is 631. The van der Waals surface area contributed by atoms with Gasteiger partial charge in [0, 0.05) is 15.1 Å². The average Bonchev–Trinajstić information content (AvgIpc) is 2.42. The fourth-order valence-electron chi connectivity index (χ4n) is 1.71. The predicted octanol–water partition coefficient (Wildman–Crippen LogP) is 5.12. The van der Waals surface area contributed by atoms with Crippen LogP contribution in [0.25, 0.3) is 0 Å². The van der Waals surface area contributed by atoms with Gasteiger partial charge >= 0.3 is 6.03 Å². The molecule has 0 aromatic heterocycles. The molecule has 2 rings (SSSR count). The number of halogens is 1. The molecule has 0 aliphatic carbocycles. The first-order valence-electron chi connectivity index (χ1n) is 6.06. The van der Waals surface area contributed by atoms with Crippen LogP contribution in [0.2, 0.25) is 0 Å². The first-order valence-corrected chi connectivity index (χ1v) is 8.08. The number of carbonyl (C=O) groups excluding carboxylic acids is 1. The highest BCUT2D eigenvalue weighted by molar-refractivity contribution is 9.10. The second-order valence-electron chi connectivity index (χ2n) is 4.29. The molecule has 2 aromatic rings. The van der Waals surface area contributed by atoms with Crippen LogP contribution in [0.4, 0.5) is 16.2 Å². The van der Waals surface area contributed by atoms with E-state index < -0.39 is 0 Å². The zero-order valence-corrected chi connectivity index (χ0v) is 13.6. The van der Waals surface area contributed by atoms with Crippen LogP contribution in [0.1, 0.15) is 5.56 Å². The fraction of sp³-hybridized carbons (Fsp3) is 0.133. The lowest BCUT2D eigenvalue weighted by Gasteiger charge is -2.10. The Morgan fingerprint density at radius 3 is 2.65 bits per heavy atom. The van der Waals surface area contributed by atoms with E-state index in [0.717, 1.165) is 26.3 Å². The Morgan fingerprint density at radius 1 is 1.15 bits per heavy atom. The number of aryl methyl sites for hydroxylation is 1. The first-order chi connectivity index (χ1) is 9.58. The molecular formula is C15H15BrN2OS. The zero-order valence-electron chi connectivity index (χ0n) is 11.2. The van der Waals surface area contributed by atoms with Crippen LogP contribution >= 0.6 is 27.7 Å². The quantitative estimate of drug-likeness (QED) is 0.754. The Hall–Kier alpha value is -1.46. The van der Waals surface area contributed by atoms with Crippen molar-refractivity contribution in [2.75, 3.05) is 16.9 Å². The first kappa shape index (κ1) is 14.9. The maximum Gasteiger partial charge on any atom is 0.323 e. The molecule has 0 saturated heterocycles. The van der Waals surface area contributed by atoms with Crippen LogP contribution in [0.15, 0.2) is 51.8 Å². The van der Waals surface area contributed by atoms with Crippen molar-refractivity contribution in [2.45, 2.75) is 11.8 Å². The summed E-state index contributed by atoms with van der Waals surface area (Å²) in [5.41, 5.74) is 2.65. The molecule has 0 radical (unpaired) electrons. The molecule has 2 N–H and O–H groups in total. The van der Waals surface area contributed by atoms with E-state index in [4.69, 9.17) is 0 Å². The van der Waals surface area contributed by atoms with E-state index >= 15 is 0 Å². The van der Waals surface area contributed by atoms with Crippen LogP contribution in [0.5, 0.6) is 0 Å². The summed E-state index contributed by atoms with van der Waals surface area (Å²) < 4.78 is 0.866. The predicted molar refractivity (Wildman–Crippen MR) is 89.7 cm³/mol. The lowest BCUT2D eigenvalue weighted by atomic mass is 10.2. The minimum Gasteiger partial charge on any atom is -0.308 e. The Kier molecular flexibility index (Phi) is 5.09. The third kappa shape index (κ3) is 4.02. The van der Waals surface area contributed by atoms with Gasteiger partial charge in [-0.3, -0.25) is 0 Å². The topological polar surface area (TPSA) is 41.1 Å². The molecule has 3 nitrogen and oxygen atoms in total. The normalized spacial score (nSPS) is 10.2. The van der Waals surface area contributed by atoms with Gasteiger partial charge in [0.15, 0.2) is 0 Å². The second kappa shape index (κ2) is 6.81. The molecule has 2 amide bonds. The summed E-state index contributed by atoms with van der Waals surface area (Å²) >= 11 is 5.08. The van der Waals surface area contributed by atoms with Crippen LogP contribution in [0.3, 0.4) is 0 Å². The van der Waals surface area contributed by atoms with Gasteiger partial charge in [-0.15, -0.1) is 11.8 Å². The van der Waals surface area contributed by atoms with E-state index in [2.05, 4.69) is 26.6 Å². The molecule has 20 heavy (non-hydrogen) atoms. The highest BCUT2D eigenvalue weighted by Crippen LogP contribution is 2.24. The van der Waals surface area contributed by atoms with Crippen molar-refractivity contribution in [2.24, 2.45) is 0 Å². The van der Waals surface area contributed by atoms with E-state index in [1.807, 2.05) is 55.6 Å². The molecule has 0 unspecified atom stereocenters. The van der Waals surface area contributed by atoms with Crippen LogP contribution in [-0.2, 0) is 0 Å². The van der Waals surface area contributed by atoms with Crippen molar-refractivity contribution < 1.29 is 4.79 Å².